The molecule has 0 atom stereocenters. The first-order valence-electron chi connectivity index (χ1n) is 5.85. The second kappa shape index (κ2) is 4.19. The third-order valence-electron chi connectivity index (χ3n) is 2.91. The molecule has 2 aromatic rings. The first kappa shape index (κ1) is 12.2. The predicted molar refractivity (Wildman–Crippen MR) is 77.6 cm³/mol. The van der Waals surface area contributed by atoms with Gasteiger partial charge in [-0.05, 0) is 41.7 Å². The summed E-state index contributed by atoms with van der Waals surface area (Å²) in [5, 5.41) is 0. The third-order valence-corrected chi connectivity index (χ3v) is 4.47. The lowest BCUT2D eigenvalue weighted by molar-refractivity contribution is 0.604. The van der Waals surface area contributed by atoms with E-state index in [0.717, 1.165) is 11.3 Å². The standard InChI is InChI=1S/C15H19NS/c1-10-5-6-11(9-12(10)16)13-7-8-14(17-13)15(2,3)4/h5-9H,16H2,1-4H3. The molecule has 2 heteroatoms. The largest absolute Gasteiger partial charge is 0.398 e. The van der Waals surface area contributed by atoms with Crippen molar-refractivity contribution in [1.29, 1.82) is 0 Å². The van der Waals surface area contributed by atoms with E-state index < -0.39 is 0 Å². The van der Waals surface area contributed by atoms with E-state index in [1.807, 2.05) is 18.3 Å². The van der Waals surface area contributed by atoms with Crippen molar-refractivity contribution in [3.63, 3.8) is 0 Å². The minimum Gasteiger partial charge on any atom is -0.398 e. The molecule has 1 aromatic heterocycles. The normalized spacial score (nSPS) is 11.8. The molecular formula is C15H19NS. The molecular weight excluding hydrogens is 226 g/mol. The van der Waals surface area contributed by atoms with Crippen LogP contribution in [0.25, 0.3) is 10.4 Å². The summed E-state index contributed by atoms with van der Waals surface area (Å²) in [4.78, 5) is 2.70. The lowest BCUT2D eigenvalue weighted by Crippen LogP contribution is -2.07. The van der Waals surface area contributed by atoms with E-state index in [1.165, 1.54) is 15.3 Å². The summed E-state index contributed by atoms with van der Waals surface area (Å²) in [7, 11) is 0. The molecule has 1 nitrogen and oxygen atoms in total. The number of nitrogen functional groups attached to an aromatic ring is 1. The summed E-state index contributed by atoms with van der Waals surface area (Å²) in [6.07, 6.45) is 0. The highest BCUT2D eigenvalue weighted by Gasteiger charge is 2.16. The molecule has 1 heterocycles. The topological polar surface area (TPSA) is 26.0 Å². The molecule has 0 aliphatic rings. The van der Waals surface area contributed by atoms with Crippen molar-refractivity contribution in [2.24, 2.45) is 0 Å². The van der Waals surface area contributed by atoms with Crippen LogP contribution in [0.2, 0.25) is 0 Å². The number of nitrogens with two attached hydrogens (primary N) is 1. The predicted octanol–water partition coefficient (Wildman–Crippen LogP) is 4.60. The van der Waals surface area contributed by atoms with Crippen LogP contribution in [0, 0.1) is 6.92 Å². The molecule has 0 aliphatic heterocycles. The lowest BCUT2D eigenvalue weighted by atomic mass is 9.95. The number of benzene rings is 1. The molecule has 17 heavy (non-hydrogen) atoms. The van der Waals surface area contributed by atoms with Crippen molar-refractivity contribution in [2.75, 3.05) is 5.73 Å². The van der Waals surface area contributed by atoms with E-state index in [2.05, 4.69) is 51.1 Å². The zero-order chi connectivity index (χ0) is 12.6. The molecule has 1 aromatic carbocycles. The molecule has 0 spiro atoms. The minimum absolute atomic E-state index is 0.221. The number of anilines is 1. The van der Waals surface area contributed by atoms with Crippen LogP contribution in [0.15, 0.2) is 30.3 Å². The van der Waals surface area contributed by atoms with Crippen molar-refractivity contribution in [2.45, 2.75) is 33.1 Å². The van der Waals surface area contributed by atoms with Crippen LogP contribution < -0.4 is 5.73 Å². The van der Waals surface area contributed by atoms with Gasteiger partial charge in [-0.1, -0.05) is 32.9 Å². The number of thiophene rings is 1. The molecule has 0 unspecified atom stereocenters. The Kier molecular flexibility index (Phi) is 3.00. The maximum atomic E-state index is 5.96. The van der Waals surface area contributed by atoms with Crippen LogP contribution in [0.3, 0.4) is 0 Å². The van der Waals surface area contributed by atoms with Crippen LogP contribution in [0.1, 0.15) is 31.2 Å². The van der Waals surface area contributed by atoms with Crippen molar-refractivity contribution >= 4 is 17.0 Å². The fourth-order valence-electron chi connectivity index (χ4n) is 1.69. The highest BCUT2D eigenvalue weighted by atomic mass is 32.1. The van der Waals surface area contributed by atoms with E-state index >= 15 is 0 Å². The molecule has 0 amide bonds. The van der Waals surface area contributed by atoms with Crippen LogP contribution >= 0.6 is 11.3 Å². The Morgan fingerprint density at radius 1 is 1.06 bits per heavy atom. The fraction of sp³-hybridized carbons (Fsp3) is 0.333. The summed E-state index contributed by atoms with van der Waals surface area (Å²) >= 11 is 1.85. The minimum atomic E-state index is 0.221. The first-order valence-corrected chi connectivity index (χ1v) is 6.66. The molecule has 0 saturated carbocycles. The number of rotatable bonds is 1. The summed E-state index contributed by atoms with van der Waals surface area (Å²) < 4.78 is 0. The zero-order valence-electron chi connectivity index (χ0n) is 10.9. The van der Waals surface area contributed by atoms with Crippen LogP contribution in [-0.2, 0) is 5.41 Å². The first-order chi connectivity index (χ1) is 7.88. The van der Waals surface area contributed by atoms with Crippen molar-refractivity contribution in [3.05, 3.63) is 40.8 Å². The lowest BCUT2D eigenvalue weighted by Gasteiger charge is -2.15. The highest BCUT2D eigenvalue weighted by molar-refractivity contribution is 7.15. The third kappa shape index (κ3) is 2.52. The van der Waals surface area contributed by atoms with Crippen molar-refractivity contribution in [1.82, 2.24) is 0 Å². The summed E-state index contributed by atoms with van der Waals surface area (Å²) in [6, 6.07) is 10.7. The summed E-state index contributed by atoms with van der Waals surface area (Å²) in [6.45, 7) is 8.76. The van der Waals surface area contributed by atoms with Gasteiger partial charge in [0.2, 0.25) is 0 Å². The van der Waals surface area contributed by atoms with E-state index in [0.29, 0.717) is 0 Å². The quantitative estimate of drug-likeness (QED) is 0.730. The Morgan fingerprint density at radius 3 is 2.29 bits per heavy atom. The average molecular weight is 245 g/mol. The van der Waals surface area contributed by atoms with Crippen LogP contribution in [0.5, 0.6) is 0 Å². The molecule has 90 valence electrons. The van der Waals surface area contributed by atoms with Gasteiger partial charge in [-0.3, -0.25) is 0 Å². The van der Waals surface area contributed by atoms with Gasteiger partial charge in [0.1, 0.15) is 0 Å². The molecule has 0 fully saturated rings. The molecule has 2 rings (SSSR count). The van der Waals surface area contributed by atoms with Gasteiger partial charge >= 0.3 is 0 Å². The molecule has 0 aliphatic carbocycles. The van der Waals surface area contributed by atoms with Gasteiger partial charge in [0.05, 0.1) is 0 Å². The van der Waals surface area contributed by atoms with Gasteiger partial charge in [0.25, 0.3) is 0 Å². The Balaban J connectivity index is 2.40. The second-order valence-corrected chi connectivity index (χ2v) is 6.57. The Morgan fingerprint density at radius 2 is 1.76 bits per heavy atom. The van der Waals surface area contributed by atoms with Gasteiger partial charge < -0.3 is 5.73 Å². The van der Waals surface area contributed by atoms with E-state index in [-0.39, 0.29) is 5.41 Å². The SMILES string of the molecule is Cc1ccc(-c2ccc(C(C)(C)C)s2)cc1N. The number of hydrogen-bond acceptors (Lipinski definition) is 2. The average Bonchev–Trinajstić information content (AvgIpc) is 2.70. The van der Waals surface area contributed by atoms with Crippen LogP contribution in [0.4, 0.5) is 5.69 Å². The van der Waals surface area contributed by atoms with Crippen molar-refractivity contribution in [3.8, 4) is 10.4 Å². The van der Waals surface area contributed by atoms with E-state index in [4.69, 9.17) is 5.73 Å². The second-order valence-electron chi connectivity index (χ2n) is 5.49. The van der Waals surface area contributed by atoms with Gasteiger partial charge in [0.15, 0.2) is 0 Å². The molecule has 2 N–H and O–H groups in total. The fourth-order valence-corrected chi connectivity index (χ4v) is 2.75. The van der Waals surface area contributed by atoms with Gasteiger partial charge in [-0.2, -0.15) is 0 Å². The Hall–Kier alpha value is -1.28. The van der Waals surface area contributed by atoms with Gasteiger partial charge in [-0.25, -0.2) is 0 Å². The molecule has 0 bridgehead atoms. The smallest absolute Gasteiger partial charge is 0.0350 e. The molecule has 0 saturated heterocycles. The van der Waals surface area contributed by atoms with E-state index in [9.17, 15) is 0 Å². The van der Waals surface area contributed by atoms with Crippen LogP contribution in [-0.4, -0.2) is 0 Å². The monoisotopic (exact) mass is 245 g/mol. The summed E-state index contributed by atoms with van der Waals surface area (Å²) in [5.74, 6) is 0. The maximum Gasteiger partial charge on any atom is 0.0350 e. The van der Waals surface area contributed by atoms with Crippen molar-refractivity contribution < 1.29 is 0 Å². The number of aryl methyl sites for hydroxylation is 1. The van der Waals surface area contributed by atoms with Gasteiger partial charge in [0, 0.05) is 15.4 Å². The van der Waals surface area contributed by atoms with Gasteiger partial charge in [-0.15, -0.1) is 11.3 Å². The Bertz CT molecular complexity index is 532. The molecule has 0 radical (unpaired) electrons. The Labute approximate surface area is 107 Å². The summed E-state index contributed by atoms with van der Waals surface area (Å²) in [5.41, 5.74) is 9.40. The highest BCUT2D eigenvalue weighted by Crippen LogP contribution is 2.35. The maximum absolute atomic E-state index is 5.96. The van der Waals surface area contributed by atoms with E-state index in [1.54, 1.807) is 0 Å². The number of hydrogen-bond donors (Lipinski definition) is 1. The zero-order valence-corrected chi connectivity index (χ0v) is 11.7.